The molecule has 7 aromatic rings. The number of rotatable bonds is 9. The van der Waals surface area contributed by atoms with E-state index in [0.29, 0.717) is 0 Å². The molecule has 0 atom stereocenters. The molecule has 1 heterocycles. The van der Waals surface area contributed by atoms with Gasteiger partial charge in [-0.3, -0.25) is 9.97 Å². The molecule has 1 aliphatic carbocycles. The van der Waals surface area contributed by atoms with Gasteiger partial charge in [0.2, 0.25) is 0 Å². The summed E-state index contributed by atoms with van der Waals surface area (Å²) >= 11 is 0. The molecule has 0 bridgehead atoms. The van der Waals surface area contributed by atoms with Gasteiger partial charge in [-0.2, -0.15) is 0 Å². The number of para-hydroxylation sites is 4. The summed E-state index contributed by atoms with van der Waals surface area (Å²) in [6, 6.07) is 55.1. The minimum atomic E-state index is 0.815. The molecule has 0 fully saturated rings. The lowest BCUT2D eigenvalue weighted by molar-refractivity contribution is 0.917. The summed E-state index contributed by atoms with van der Waals surface area (Å²) in [4.78, 5) is 16.8. The van der Waals surface area contributed by atoms with Gasteiger partial charge in [0.25, 0.3) is 0 Å². The number of allylic oxidation sites excluding steroid dienone is 4. The fraction of sp³-hybridized carbons (Fsp3) is 0.0455. The zero-order valence-corrected chi connectivity index (χ0v) is 27.0. The van der Waals surface area contributed by atoms with Crippen molar-refractivity contribution in [1.29, 1.82) is 0 Å². The van der Waals surface area contributed by atoms with Crippen molar-refractivity contribution in [3.8, 4) is 0 Å². The molecule has 0 aliphatic heterocycles. The second-order valence-electron chi connectivity index (χ2n) is 11.8. The molecule has 0 unspecified atom stereocenters. The average Bonchev–Trinajstić information content (AvgIpc) is 3.18. The molecular formula is C44H35N5. The van der Waals surface area contributed by atoms with Crippen LogP contribution in [0.1, 0.15) is 12.8 Å². The summed E-state index contributed by atoms with van der Waals surface area (Å²) in [6.45, 7) is 0. The van der Waals surface area contributed by atoms with E-state index in [9.17, 15) is 0 Å². The molecule has 236 valence electrons. The highest BCUT2D eigenvalue weighted by molar-refractivity contribution is 6.03. The Morgan fingerprint density at radius 2 is 0.755 bits per heavy atom. The molecule has 0 saturated heterocycles. The lowest BCUT2D eigenvalue weighted by atomic mass is 10.1. The predicted molar refractivity (Wildman–Crippen MR) is 204 cm³/mol. The normalized spacial score (nSPS) is 12.4. The fourth-order valence-corrected chi connectivity index (χ4v) is 6.56. The van der Waals surface area contributed by atoms with Crippen LogP contribution in [0, 0.1) is 0 Å². The summed E-state index contributed by atoms with van der Waals surface area (Å²) in [5.41, 5.74) is 11.3. The number of fused-ring (bicyclic) bond motifs is 1. The second-order valence-corrected chi connectivity index (χ2v) is 11.8. The summed E-state index contributed by atoms with van der Waals surface area (Å²) in [5.74, 6) is 0. The molecular weight excluding hydrogens is 599 g/mol. The Bertz CT molecular complexity index is 2180. The largest absolute Gasteiger partial charge is 0.314 e. The maximum atomic E-state index is 4.98. The molecule has 0 N–H and O–H groups in total. The third-order valence-corrected chi connectivity index (χ3v) is 8.77. The van der Waals surface area contributed by atoms with Crippen LogP contribution in [0.5, 0.6) is 0 Å². The Kier molecular flexibility index (Phi) is 8.38. The van der Waals surface area contributed by atoms with Gasteiger partial charge in [0.1, 0.15) is 11.0 Å². The van der Waals surface area contributed by atoms with Crippen molar-refractivity contribution in [3.05, 3.63) is 194 Å². The van der Waals surface area contributed by atoms with Crippen LogP contribution in [0.2, 0.25) is 0 Å². The van der Waals surface area contributed by atoms with Crippen LogP contribution in [0.15, 0.2) is 194 Å². The average molecular weight is 634 g/mol. The first-order chi connectivity index (χ1) is 24.3. The molecule has 0 saturated carbocycles. The molecule has 1 aliphatic rings. The maximum Gasteiger partial charge on any atom is 0.115 e. The van der Waals surface area contributed by atoms with E-state index in [1.165, 1.54) is 5.70 Å². The van der Waals surface area contributed by atoms with E-state index < -0.39 is 0 Å². The highest BCUT2D eigenvalue weighted by Crippen LogP contribution is 2.44. The van der Waals surface area contributed by atoms with Crippen LogP contribution in [0.3, 0.4) is 0 Å². The van der Waals surface area contributed by atoms with Gasteiger partial charge < -0.3 is 14.7 Å². The molecule has 8 rings (SSSR count). The van der Waals surface area contributed by atoms with Gasteiger partial charge in [-0.05, 0) is 104 Å². The van der Waals surface area contributed by atoms with Gasteiger partial charge in [0.15, 0.2) is 0 Å². The zero-order chi connectivity index (χ0) is 32.8. The van der Waals surface area contributed by atoms with Crippen LogP contribution in [0.4, 0.5) is 45.5 Å². The van der Waals surface area contributed by atoms with E-state index in [4.69, 9.17) is 9.97 Å². The lowest BCUT2D eigenvalue weighted by Crippen LogP contribution is -2.17. The maximum absolute atomic E-state index is 4.98. The van der Waals surface area contributed by atoms with Gasteiger partial charge in [0, 0.05) is 52.2 Å². The topological polar surface area (TPSA) is 35.5 Å². The van der Waals surface area contributed by atoms with E-state index >= 15 is 0 Å². The molecule has 1 aromatic heterocycles. The van der Waals surface area contributed by atoms with E-state index in [-0.39, 0.29) is 0 Å². The minimum absolute atomic E-state index is 0.815. The Labute approximate surface area is 287 Å². The van der Waals surface area contributed by atoms with E-state index in [2.05, 4.69) is 172 Å². The van der Waals surface area contributed by atoms with Crippen molar-refractivity contribution in [3.63, 3.8) is 0 Å². The minimum Gasteiger partial charge on any atom is -0.314 e. The Balaban J connectivity index is 1.26. The highest BCUT2D eigenvalue weighted by Gasteiger charge is 2.23. The van der Waals surface area contributed by atoms with Crippen molar-refractivity contribution in [2.24, 2.45) is 0 Å². The summed E-state index contributed by atoms with van der Waals surface area (Å²) in [7, 11) is 0. The first kappa shape index (κ1) is 29.9. The molecule has 0 spiro atoms. The summed E-state index contributed by atoms with van der Waals surface area (Å²) < 4.78 is 0. The van der Waals surface area contributed by atoms with Crippen LogP contribution in [-0.2, 0) is 0 Å². The van der Waals surface area contributed by atoms with Crippen molar-refractivity contribution in [1.82, 2.24) is 9.97 Å². The second kappa shape index (κ2) is 13.7. The summed E-state index contributed by atoms with van der Waals surface area (Å²) in [6.07, 6.45) is 12.2. The predicted octanol–water partition coefficient (Wildman–Crippen LogP) is 11.9. The smallest absolute Gasteiger partial charge is 0.115 e. The number of hydrogen-bond acceptors (Lipinski definition) is 5. The van der Waals surface area contributed by atoms with Crippen LogP contribution in [-0.4, -0.2) is 9.97 Å². The van der Waals surface area contributed by atoms with Crippen LogP contribution in [0.25, 0.3) is 11.0 Å². The van der Waals surface area contributed by atoms with Crippen LogP contribution >= 0.6 is 0 Å². The number of aromatic nitrogens is 2. The number of benzene rings is 6. The first-order valence-electron chi connectivity index (χ1n) is 16.7. The number of nitrogens with zero attached hydrogens (tertiary/aromatic N) is 5. The summed E-state index contributed by atoms with van der Waals surface area (Å²) in [5, 5.41) is 0. The third-order valence-electron chi connectivity index (χ3n) is 8.77. The van der Waals surface area contributed by atoms with E-state index in [0.717, 1.165) is 69.4 Å². The molecule has 6 aromatic carbocycles. The Morgan fingerprint density at radius 3 is 1.14 bits per heavy atom. The zero-order valence-electron chi connectivity index (χ0n) is 27.0. The van der Waals surface area contributed by atoms with Crippen molar-refractivity contribution >= 4 is 56.5 Å². The number of hydrogen-bond donors (Lipinski definition) is 0. The van der Waals surface area contributed by atoms with E-state index in [1.54, 1.807) is 12.4 Å². The molecule has 0 amide bonds. The van der Waals surface area contributed by atoms with E-state index in [1.807, 2.05) is 18.2 Å². The van der Waals surface area contributed by atoms with Gasteiger partial charge in [-0.1, -0.05) is 84.9 Å². The van der Waals surface area contributed by atoms with Gasteiger partial charge >= 0.3 is 0 Å². The van der Waals surface area contributed by atoms with Crippen molar-refractivity contribution in [2.45, 2.75) is 12.8 Å². The Morgan fingerprint density at radius 1 is 0.388 bits per heavy atom. The molecule has 5 heteroatoms. The molecule has 49 heavy (non-hydrogen) atoms. The monoisotopic (exact) mass is 633 g/mol. The van der Waals surface area contributed by atoms with Crippen LogP contribution < -0.4 is 14.7 Å². The fourth-order valence-electron chi connectivity index (χ4n) is 6.56. The van der Waals surface area contributed by atoms with Gasteiger partial charge in [-0.15, -0.1) is 0 Å². The molecule has 5 nitrogen and oxygen atoms in total. The number of anilines is 8. The first-order valence-corrected chi connectivity index (χ1v) is 16.7. The highest BCUT2D eigenvalue weighted by atomic mass is 15.2. The Hall–Kier alpha value is -6.46. The molecule has 0 radical (unpaired) electrons. The standard InChI is InChI=1S/C44H35N5/c1-6-16-34(17-7-1)47(35-18-8-2-9-19-35)39-26-28-40(29-27-39)49(38-24-14-5-15-25-38)42-31-30-41(43-44(42)46-33-32-45-43)48(36-20-10-3-11-21-36)37-22-12-4-13-23-37/h1-8,10-18,20-33H,9,19H2. The van der Waals surface area contributed by atoms with Crippen molar-refractivity contribution < 1.29 is 0 Å². The quantitative estimate of drug-likeness (QED) is 0.158. The third kappa shape index (κ3) is 6.06. The van der Waals surface area contributed by atoms with Gasteiger partial charge in [0.05, 0.1) is 11.4 Å². The van der Waals surface area contributed by atoms with Crippen molar-refractivity contribution in [2.75, 3.05) is 14.7 Å². The van der Waals surface area contributed by atoms with Gasteiger partial charge in [-0.25, -0.2) is 0 Å². The SMILES string of the molecule is C1=CCCC(N(c2ccccc2)c2ccc(N(c3ccccc3)c3ccc(N(c4ccccc4)c4ccccc4)c4nccnc34)cc2)=C1. The lowest BCUT2D eigenvalue weighted by Gasteiger charge is -2.31.